The fourth-order valence-electron chi connectivity index (χ4n) is 2.05. The van der Waals surface area contributed by atoms with Gasteiger partial charge in [-0.05, 0) is 24.6 Å². The molecule has 1 fully saturated rings. The zero-order chi connectivity index (χ0) is 15.1. The summed E-state index contributed by atoms with van der Waals surface area (Å²) in [6.07, 6.45) is 0. The molecule has 0 aromatic heterocycles. The van der Waals surface area contributed by atoms with E-state index in [-0.39, 0.29) is 6.03 Å². The Kier molecular flexibility index (Phi) is 5.83. The lowest BCUT2D eigenvalue weighted by Crippen LogP contribution is -2.43. The molecule has 1 saturated heterocycles. The van der Waals surface area contributed by atoms with Crippen LogP contribution in [0.4, 0.5) is 10.5 Å². The largest absolute Gasteiger partial charge is 0.489 e. The zero-order valence-electron chi connectivity index (χ0n) is 12.6. The van der Waals surface area contributed by atoms with E-state index in [1.807, 2.05) is 25.1 Å². The Morgan fingerprint density at radius 3 is 2.81 bits per heavy atom. The number of aryl methyl sites for hydroxylation is 1. The second-order valence-corrected chi connectivity index (χ2v) is 4.87. The van der Waals surface area contributed by atoms with Gasteiger partial charge in [0.05, 0.1) is 25.5 Å². The number of benzene rings is 1. The summed E-state index contributed by atoms with van der Waals surface area (Å²) in [4.78, 5) is 14.0. The summed E-state index contributed by atoms with van der Waals surface area (Å²) >= 11 is 0. The highest BCUT2D eigenvalue weighted by molar-refractivity contribution is 5.91. The summed E-state index contributed by atoms with van der Waals surface area (Å²) in [5.41, 5.74) is 1.75. The van der Waals surface area contributed by atoms with Gasteiger partial charge in [-0.15, -0.1) is 0 Å². The number of nitrogens with zero attached hydrogens (tertiary/aromatic N) is 1. The van der Waals surface area contributed by atoms with Crippen LogP contribution in [0.3, 0.4) is 0 Å². The molecule has 0 bridgehead atoms. The first-order valence-electron chi connectivity index (χ1n) is 7.07. The molecule has 116 valence electrons. The van der Waals surface area contributed by atoms with E-state index in [2.05, 4.69) is 5.32 Å². The first-order chi connectivity index (χ1) is 10.2. The van der Waals surface area contributed by atoms with Crippen LogP contribution in [0.5, 0.6) is 5.75 Å². The number of amides is 2. The minimum atomic E-state index is -0.126. The molecule has 0 aliphatic carbocycles. The molecule has 0 radical (unpaired) electrons. The number of carbonyl (C=O) groups excluding carboxylic acids is 1. The molecule has 0 atom stereocenters. The van der Waals surface area contributed by atoms with Crippen molar-refractivity contribution in [3.05, 3.63) is 23.8 Å². The Hall–Kier alpha value is -1.79. The summed E-state index contributed by atoms with van der Waals surface area (Å²) in [7, 11) is 1.63. The van der Waals surface area contributed by atoms with Gasteiger partial charge in [-0.25, -0.2) is 4.79 Å². The lowest BCUT2D eigenvalue weighted by Gasteiger charge is -2.27. The third-order valence-electron chi connectivity index (χ3n) is 3.22. The first-order valence-corrected chi connectivity index (χ1v) is 7.07. The molecule has 21 heavy (non-hydrogen) atoms. The molecule has 0 unspecified atom stereocenters. The number of carbonyl (C=O) groups is 1. The number of ether oxygens (including phenoxy) is 3. The molecule has 6 nitrogen and oxygen atoms in total. The zero-order valence-corrected chi connectivity index (χ0v) is 12.6. The van der Waals surface area contributed by atoms with Crippen molar-refractivity contribution in [2.24, 2.45) is 0 Å². The number of hydrogen-bond acceptors (Lipinski definition) is 4. The van der Waals surface area contributed by atoms with E-state index in [1.54, 1.807) is 12.0 Å². The fraction of sp³-hybridized carbons (Fsp3) is 0.533. The van der Waals surface area contributed by atoms with E-state index >= 15 is 0 Å². The third kappa shape index (κ3) is 4.61. The molecular formula is C15H22N2O4. The quantitative estimate of drug-likeness (QED) is 0.842. The molecule has 2 amide bonds. The second kappa shape index (κ2) is 7.85. The number of anilines is 1. The monoisotopic (exact) mass is 294 g/mol. The van der Waals surface area contributed by atoms with Crippen LogP contribution >= 0.6 is 0 Å². The van der Waals surface area contributed by atoms with E-state index in [4.69, 9.17) is 14.2 Å². The van der Waals surface area contributed by atoms with Crippen molar-refractivity contribution >= 4 is 11.7 Å². The average Bonchev–Trinajstić information content (AvgIpc) is 2.51. The summed E-state index contributed by atoms with van der Waals surface area (Å²) in [6.45, 7) is 5.31. The molecule has 1 aliphatic heterocycles. The number of rotatable bonds is 5. The normalized spacial score (nSPS) is 14.9. The predicted octanol–water partition coefficient (Wildman–Crippen LogP) is 1.88. The van der Waals surface area contributed by atoms with Crippen molar-refractivity contribution in [1.29, 1.82) is 0 Å². The number of nitrogens with one attached hydrogen (secondary N) is 1. The molecular weight excluding hydrogens is 272 g/mol. The van der Waals surface area contributed by atoms with Crippen molar-refractivity contribution in [3.63, 3.8) is 0 Å². The molecule has 1 aliphatic rings. The minimum Gasteiger partial charge on any atom is -0.489 e. The van der Waals surface area contributed by atoms with E-state index in [0.29, 0.717) is 51.0 Å². The van der Waals surface area contributed by atoms with Gasteiger partial charge in [-0.2, -0.15) is 0 Å². The Morgan fingerprint density at radius 2 is 2.10 bits per heavy atom. The summed E-state index contributed by atoms with van der Waals surface area (Å²) in [5.74, 6) is 0.661. The predicted molar refractivity (Wildman–Crippen MR) is 80.0 cm³/mol. The van der Waals surface area contributed by atoms with Crippen LogP contribution in [0.25, 0.3) is 0 Å². The molecule has 0 spiro atoms. The van der Waals surface area contributed by atoms with Crippen molar-refractivity contribution in [2.75, 3.05) is 51.9 Å². The summed E-state index contributed by atoms with van der Waals surface area (Å²) in [6, 6.07) is 5.58. The number of morpholine rings is 1. The van der Waals surface area contributed by atoms with Gasteiger partial charge in [0.25, 0.3) is 0 Å². The maximum atomic E-state index is 12.2. The second-order valence-electron chi connectivity index (χ2n) is 4.87. The topological polar surface area (TPSA) is 60.0 Å². The Balaban J connectivity index is 2.01. The van der Waals surface area contributed by atoms with Crippen molar-refractivity contribution < 1.29 is 19.0 Å². The van der Waals surface area contributed by atoms with Gasteiger partial charge in [-0.1, -0.05) is 6.07 Å². The van der Waals surface area contributed by atoms with Gasteiger partial charge in [0.2, 0.25) is 0 Å². The maximum Gasteiger partial charge on any atom is 0.322 e. The Bertz CT molecular complexity index is 473. The standard InChI is InChI=1S/C15H22N2O4/c1-12-3-4-13(14(11-12)21-10-9-19-2)16-15(18)17-5-7-20-8-6-17/h3-4,11H,5-10H2,1-2H3,(H,16,18). The average molecular weight is 294 g/mol. The maximum absolute atomic E-state index is 12.2. The molecule has 1 heterocycles. The van der Waals surface area contributed by atoms with Crippen LogP contribution in [-0.4, -0.2) is 57.6 Å². The minimum absolute atomic E-state index is 0.126. The van der Waals surface area contributed by atoms with Crippen LogP contribution < -0.4 is 10.1 Å². The third-order valence-corrected chi connectivity index (χ3v) is 3.22. The van der Waals surface area contributed by atoms with E-state index < -0.39 is 0 Å². The van der Waals surface area contributed by atoms with Crippen LogP contribution in [-0.2, 0) is 9.47 Å². The van der Waals surface area contributed by atoms with Gasteiger partial charge < -0.3 is 24.4 Å². The highest BCUT2D eigenvalue weighted by Crippen LogP contribution is 2.26. The molecule has 1 N–H and O–H groups in total. The van der Waals surface area contributed by atoms with Crippen molar-refractivity contribution in [2.45, 2.75) is 6.92 Å². The van der Waals surface area contributed by atoms with E-state index in [1.165, 1.54) is 0 Å². The number of methoxy groups -OCH3 is 1. The Morgan fingerprint density at radius 1 is 1.33 bits per heavy atom. The molecule has 2 rings (SSSR count). The highest BCUT2D eigenvalue weighted by atomic mass is 16.5. The highest BCUT2D eigenvalue weighted by Gasteiger charge is 2.18. The summed E-state index contributed by atoms with van der Waals surface area (Å²) < 4.78 is 15.9. The van der Waals surface area contributed by atoms with Crippen LogP contribution in [0.2, 0.25) is 0 Å². The SMILES string of the molecule is COCCOc1cc(C)ccc1NC(=O)N1CCOCC1. The summed E-state index contributed by atoms with van der Waals surface area (Å²) in [5, 5.41) is 2.90. The van der Waals surface area contributed by atoms with Gasteiger partial charge in [0, 0.05) is 20.2 Å². The van der Waals surface area contributed by atoms with Crippen molar-refractivity contribution in [3.8, 4) is 5.75 Å². The van der Waals surface area contributed by atoms with Gasteiger partial charge in [-0.3, -0.25) is 0 Å². The van der Waals surface area contributed by atoms with Crippen LogP contribution in [0.1, 0.15) is 5.56 Å². The van der Waals surface area contributed by atoms with Crippen LogP contribution in [0, 0.1) is 6.92 Å². The smallest absolute Gasteiger partial charge is 0.322 e. The molecule has 1 aromatic rings. The lowest BCUT2D eigenvalue weighted by molar-refractivity contribution is 0.0564. The lowest BCUT2D eigenvalue weighted by atomic mass is 10.2. The number of urea groups is 1. The first kappa shape index (κ1) is 15.6. The molecule has 6 heteroatoms. The molecule has 0 saturated carbocycles. The fourth-order valence-corrected chi connectivity index (χ4v) is 2.05. The van der Waals surface area contributed by atoms with Crippen LogP contribution in [0.15, 0.2) is 18.2 Å². The van der Waals surface area contributed by atoms with Gasteiger partial charge >= 0.3 is 6.03 Å². The van der Waals surface area contributed by atoms with E-state index in [0.717, 1.165) is 5.56 Å². The molecule has 1 aromatic carbocycles. The van der Waals surface area contributed by atoms with Crippen molar-refractivity contribution in [1.82, 2.24) is 4.90 Å². The van der Waals surface area contributed by atoms with E-state index in [9.17, 15) is 4.79 Å². The van der Waals surface area contributed by atoms with Gasteiger partial charge in [0.15, 0.2) is 0 Å². The number of hydrogen-bond donors (Lipinski definition) is 1. The Labute approximate surface area is 125 Å². The van der Waals surface area contributed by atoms with Gasteiger partial charge in [0.1, 0.15) is 12.4 Å².